The second-order valence-corrected chi connectivity index (χ2v) is 2.65. The Bertz CT molecular complexity index is 268. The van der Waals surface area contributed by atoms with Crippen molar-refractivity contribution in [2.24, 2.45) is 5.73 Å². The smallest absolute Gasteiger partial charge is 0.394 e. The molecule has 0 radical (unpaired) electrons. The third kappa shape index (κ3) is 4.06. The molecule has 0 atom stereocenters. The fraction of sp³-hybridized carbons (Fsp3) is 0.500. The van der Waals surface area contributed by atoms with Crippen LogP contribution in [0.5, 0.6) is 0 Å². The summed E-state index contributed by atoms with van der Waals surface area (Å²) in [6, 6.07) is 0. The Labute approximate surface area is 79.3 Å². The Morgan fingerprint density at radius 1 is 1.50 bits per heavy atom. The van der Waals surface area contributed by atoms with E-state index in [1.807, 2.05) is 0 Å². The maximum absolute atomic E-state index is 11.9. The van der Waals surface area contributed by atoms with Crippen LogP contribution < -0.4 is 5.73 Å². The highest BCUT2D eigenvalue weighted by Crippen LogP contribution is 2.23. The second kappa shape index (κ2) is 4.78. The standard InChI is InChI=1S/C8H11F3N2O/c1-2-7(14)5(4-12)6(13)3-8(9,10)11/h4,12H,2-3,13H2,1H3. The van der Waals surface area contributed by atoms with Crippen LogP contribution in [0.1, 0.15) is 19.8 Å². The summed E-state index contributed by atoms with van der Waals surface area (Å²) < 4.78 is 35.6. The molecule has 0 aromatic heterocycles. The van der Waals surface area contributed by atoms with Gasteiger partial charge in [-0.1, -0.05) is 6.92 Å². The van der Waals surface area contributed by atoms with Crippen molar-refractivity contribution < 1.29 is 18.0 Å². The highest BCUT2D eigenvalue weighted by molar-refractivity contribution is 6.12. The number of nitrogens with two attached hydrogens (primary N) is 1. The molecule has 0 spiro atoms. The van der Waals surface area contributed by atoms with E-state index in [2.05, 4.69) is 0 Å². The maximum Gasteiger partial charge on any atom is 0.394 e. The minimum absolute atomic E-state index is 0.0310. The molecule has 3 N–H and O–H groups in total. The maximum atomic E-state index is 11.9. The van der Waals surface area contributed by atoms with Gasteiger partial charge >= 0.3 is 6.18 Å². The number of allylic oxidation sites excluding steroid dienone is 2. The molecule has 6 heteroatoms. The summed E-state index contributed by atoms with van der Waals surface area (Å²) in [6.45, 7) is 1.49. The van der Waals surface area contributed by atoms with E-state index < -0.39 is 24.1 Å². The second-order valence-electron chi connectivity index (χ2n) is 2.65. The van der Waals surface area contributed by atoms with E-state index in [9.17, 15) is 18.0 Å². The van der Waals surface area contributed by atoms with Gasteiger partial charge in [-0.25, -0.2) is 0 Å². The molecule has 0 aromatic rings. The summed E-state index contributed by atoms with van der Waals surface area (Å²) in [4.78, 5) is 11.0. The van der Waals surface area contributed by atoms with Crippen LogP contribution >= 0.6 is 0 Å². The molecule has 0 heterocycles. The zero-order chi connectivity index (χ0) is 11.4. The SMILES string of the molecule is CCC(=O)C(C=N)=C(N)CC(F)(F)F. The lowest BCUT2D eigenvalue weighted by Crippen LogP contribution is -2.18. The zero-order valence-corrected chi connectivity index (χ0v) is 7.61. The van der Waals surface area contributed by atoms with Crippen molar-refractivity contribution in [1.82, 2.24) is 0 Å². The molecule has 0 saturated carbocycles. The van der Waals surface area contributed by atoms with Crippen LogP contribution in [0, 0.1) is 5.41 Å². The fourth-order valence-electron chi connectivity index (χ4n) is 0.854. The van der Waals surface area contributed by atoms with E-state index in [0.717, 1.165) is 0 Å². The van der Waals surface area contributed by atoms with E-state index in [1.165, 1.54) is 6.92 Å². The molecule has 0 unspecified atom stereocenters. The fourth-order valence-corrected chi connectivity index (χ4v) is 0.854. The van der Waals surface area contributed by atoms with Gasteiger partial charge in [0, 0.05) is 18.3 Å². The third-order valence-electron chi connectivity index (χ3n) is 1.50. The molecule has 0 fully saturated rings. The summed E-state index contributed by atoms with van der Waals surface area (Å²) >= 11 is 0. The van der Waals surface area contributed by atoms with E-state index in [-0.39, 0.29) is 12.0 Å². The zero-order valence-electron chi connectivity index (χ0n) is 7.61. The average molecular weight is 208 g/mol. The first-order valence-electron chi connectivity index (χ1n) is 3.90. The minimum atomic E-state index is -4.45. The Balaban J connectivity index is 4.85. The number of carbonyl (C=O) groups excluding carboxylic acids is 1. The number of ketones is 1. The highest BCUT2D eigenvalue weighted by Gasteiger charge is 2.29. The van der Waals surface area contributed by atoms with Crippen LogP contribution in [0.4, 0.5) is 13.2 Å². The molecule has 0 aliphatic rings. The lowest BCUT2D eigenvalue weighted by atomic mass is 10.1. The van der Waals surface area contributed by atoms with E-state index in [0.29, 0.717) is 6.21 Å². The number of nitrogens with one attached hydrogen (secondary N) is 1. The molecule has 14 heavy (non-hydrogen) atoms. The van der Waals surface area contributed by atoms with Crippen molar-refractivity contribution in [2.75, 3.05) is 0 Å². The molecule has 0 rings (SSSR count). The summed E-state index contributed by atoms with van der Waals surface area (Å²) in [5, 5.41) is 6.78. The van der Waals surface area contributed by atoms with Crippen LogP contribution in [0.3, 0.4) is 0 Å². The predicted molar refractivity (Wildman–Crippen MR) is 46.0 cm³/mol. The first kappa shape index (κ1) is 12.7. The van der Waals surface area contributed by atoms with Gasteiger partial charge in [0.05, 0.1) is 12.0 Å². The quantitative estimate of drug-likeness (QED) is 0.546. The predicted octanol–water partition coefficient (Wildman–Crippen LogP) is 1.78. The molecule has 0 aromatic carbocycles. The Hall–Kier alpha value is -1.33. The van der Waals surface area contributed by atoms with Gasteiger partial charge in [0.1, 0.15) is 0 Å². The number of Topliss-reactive ketones (excluding diaryl/α,β-unsaturated/α-hetero) is 1. The molecule has 0 bridgehead atoms. The van der Waals surface area contributed by atoms with Crippen LogP contribution in [-0.4, -0.2) is 18.2 Å². The molecule has 3 nitrogen and oxygen atoms in total. The normalized spacial score (nSPS) is 13.4. The highest BCUT2D eigenvalue weighted by atomic mass is 19.4. The number of hydrogen-bond acceptors (Lipinski definition) is 3. The van der Waals surface area contributed by atoms with Gasteiger partial charge < -0.3 is 11.1 Å². The number of rotatable bonds is 4. The van der Waals surface area contributed by atoms with Crippen molar-refractivity contribution in [2.45, 2.75) is 25.9 Å². The molecule has 0 saturated heterocycles. The van der Waals surface area contributed by atoms with Gasteiger partial charge in [0.25, 0.3) is 0 Å². The van der Waals surface area contributed by atoms with Gasteiger partial charge in [0.2, 0.25) is 0 Å². The van der Waals surface area contributed by atoms with Crippen LogP contribution in [0.2, 0.25) is 0 Å². The monoisotopic (exact) mass is 208 g/mol. The summed E-state index contributed by atoms with van der Waals surface area (Å²) in [5.41, 5.74) is 4.12. The van der Waals surface area contributed by atoms with Gasteiger partial charge in [-0.15, -0.1) is 0 Å². The molecule has 80 valence electrons. The molecule has 0 amide bonds. The Kier molecular flexibility index (Phi) is 4.33. The number of alkyl halides is 3. The number of halogens is 3. The largest absolute Gasteiger partial charge is 0.401 e. The summed E-state index contributed by atoms with van der Waals surface area (Å²) in [6.07, 6.45) is -5.22. The lowest BCUT2D eigenvalue weighted by molar-refractivity contribution is -0.127. The molecule has 0 aliphatic heterocycles. The minimum Gasteiger partial charge on any atom is -0.401 e. The van der Waals surface area contributed by atoms with Gasteiger partial charge in [-0.3, -0.25) is 4.79 Å². The van der Waals surface area contributed by atoms with Crippen molar-refractivity contribution in [3.05, 3.63) is 11.3 Å². The lowest BCUT2D eigenvalue weighted by Gasteiger charge is -2.08. The Morgan fingerprint density at radius 2 is 2.00 bits per heavy atom. The van der Waals surface area contributed by atoms with E-state index >= 15 is 0 Å². The van der Waals surface area contributed by atoms with Gasteiger partial charge in [0.15, 0.2) is 5.78 Å². The first-order chi connectivity index (χ1) is 6.31. The molecular weight excluding hydrogens is 197 g/mol. The van der Waals surface area contributed by atoms with Gasteiger partial charge in [-0.05, 0) is 0 Å². The Morgan fingerprint density at radius 3 is 2.29 bits per heavy atom. The van der Waals surface area contributed by atoms with E-state index in [4.69, 9.17) is 11.1 Å². The van der Waals surface area contributed by atoms with Crippen LogP contribution in [0.25, 0.3) is 0 Å². The average Bonchev–Trinajstić information content (AvgIpc) is 2.01. The van der Waals surface area contributed by atoms with Crippen molar-refractivity contribution in [3.63, 3.8) is 0 Å². The van der Waals surface area contributed by atoms with Gasteiger partial charge in [-0.2, -0.15) is 13.2 Å². The molecular formula is C8H11F3N2O. The summed E-state index contributed by atoms with van der Waals surface area (Å²) in [5.74, 6) is -0.554. The van der Waals surface area contributed by atoms with Crippen molar-refractivity contribution >= 4 is 12.0 Å². The number of hydrogen-bond donors (Lipinski definition) is 2. The number of carbonyl (C=O) groups is 1. The van der Waals surface area contributed by atoms with E-state index in [1.54, 1.807) is 0 Å². The summed E-state index contributed by atoms with van der Waals surface area (Å²) in [7, 11) is 0. The third-order valence-corrected chi connectivity index (χ3v) is 1.50. The van der Waals surface area contributed by atoms with Crippen LogP contribution in [-0.2, 0) is 4.79 Å². The van der Waals surface area contributed by atoms with Crippen molar-refractivity contribution in [1.29, 1.82) is 5.41 Å². The molecule has 0 aliphatic carbocycles. The topological polar surface area (TPSA) is 66.9 Å². The first-order valence-corrected chi connectivity index (χ1v) is 3.90. The van der Waals surface area contributed by atoms with Crippen LogP contribution in [0.15, 0.2) is 11.3 Å². The van der Waals surface area contributed by atoms with Crippen molar-refractivity contribution in [3.8, 4) is 0 Å².